The summed E-state index contributed by atoms with van der Waals surface area (Å²) in [5.41, 5.74) is 2.99. The average Bonchev–Trinajstić information content (AvgIpc) is 3.36. The van der Waals surface area contributed by atoms with Gasteiger partial charge in [0.05, 0.1) is 12.9 Å². The van der Waals surface area contributed by atoms with Crippen LogP contribution in [0.15, 0.2) is 58.7 Å². The topological polar surface area (TPSA) is 80.3 Å². The molecule has 7 nitrogen and oxygen atoms in total. The van der Waals surface area contributed by atoms with Crippen molar-refractivity contribution in [1.29, 1.82) is 0 Å². The number of oxazole rings is 1. The minimum Gasteiger partial charge on any atom is -0.444 e. The molecule has 142 valence electrons. The predicted molar refractivity (Wildman–Crippen MR) is 106 cm³/mol. The lowest BCUT2D eigenvalue weighted by Crippen LogP contribution is -2.38. The van der Waals surface area contributed by atoms with Gasteiger partial charge in [-0.3, -0.25) is 0 Å². The van der Waals surface area contributed by atoms with Crippen LogP contribution in [0.5, 0.6) is 0 Å². The molecule has 27 heavy (non-hydrogen) atoms. The Bertz CT molecular complexity index is 836. The Labute approximate surface area is 159 Å². The van der Waals surface area contributed by atoms with Gasteiger partial charge in [-0.1, -0.05) is 17.7 Å². The minimum absolute atomic E-state index is 0.464. The molecular formula is C20H26N6O. The third-order valence-electron chi connectivity index (χ3n) is 4.04. The van der Waals surface area contributed by atoms with Crippen LogP contribution in [-0.4, -0.2) is 33.6 Å². The normalized spacial score (nSPS) is 11.6. The van der Waals surface area contributed by atoms with Gasteiger partial charge in [-0.25, -0.2) is 15.0 Å². The number of aliphatic imine (C=N–C) groups is 1. The van der Waals surface area contributed by atoms with Gasteiger partial charge in [0.1, 0.15) is 12.0 Å². The highest BCUT2D eigenvalue weighted by Gasteiger charge is 2.06. The fourth-order valence-electron chi connectivity index (χ4n) is 2.60. The van der Waals surface area contributed by atoms with Crippen LogP contribution in [0.2, 0.25) is 0 Å². The lowest BCUT2D eigenvalue weighted by Gasteiger charge is -2.11. The molecule has 0 aliphatic carbocycles. The van der Waals surface area contributed by atoms with Crippen LogP contribution in [0, 0.1) is 6.92 Å². The molecule has 0 saturated heterocycles. The number of guanidine groups is 1. The van der Waals surface area contributed by atoms with Crippen molar-refractivity contribution in [3.63, 3.8) is 0 Å². The SMILES string of the molecule is CCNC(=NCc1coc(-c2ccc(C)cc2)n1)NCCCn1ccnc1. The van der Waals surface area contributed by atoms with Gasteiger partial charge in [0, 0.05) is 37.6 Å². The van der Waals surface area contributed by atoms with E-state index in [-0.39, 0.29) is 0 Å². The van der Waals surface area contributed by atoms with E-state index in [4.69, 9.17) is 4.42 Å². The smallest absolute Gasteiger partial charge is 0.226 e. The van der Waals surface area contributed by atoms with Crippen LogP contribution in [0.1, 0.15) is 24.6 Å². The van der Waals surface area contributed by atoms with Crippen LogP contribution >= 0.6 is 0 Å². The molecule has 0 unspecified atom stereocenters. The second-order valence-corrected chi connectivity index (χ2v) is 6.29. The molecule has 2 heterocycles. The van der Waals surface area contributed by atoms with Crippen molar-refractivity contribution in [2.24, 2.45) is 4.99 Å². The summed E-state index contributed by atoms with van der Waals surface area (Å²) in [6.07, 6.45) is 8.25. The van der Waals surface area contributed by atoms with Crippen molar-refractivity contribution < 1.29 is 4.42 Å². The second kappa shape index (κ2) is 9.56. The van der Waals surface area contributed by atoms with E-state index in [1.165, 1.54) is 5.56 Å². The fourth-order valence-corrected chi connectivity index (χ4v) is 2.60. The number of imidazole rings is 1. The molecule has 0 saturated carbocycles. The quantitative estimate of drug-likeness (QED) is 0.364. The first-order valence-corrected chi connectivity index (χ1v) is 9.24. The highest BCUT2D eigenvalue weighted by molar-refractivity contribution is 5.79. The molecule has 2 aromatic heterocycles. The number of benzene rings is 1. The zero-order valence-corrected chi connectivity index (χ0v) is 15.9. The standard InChI is InChI=1S/C20H26N6O/c1-3-22-20(23-9-4-11-26-12-10-21-15-26)24-13-18-14-27-19(25-18)17-7-5-16(2)6-8-17/h5-8,10,12,14-15H,3-4,9,11,13H2,1-2H3,(H2,22,23,24). The number of nitrogens with zero attached hydrogens (tertiary/aromatic N) is 4. The maximum Gasteiger partial charge on any atom is 0.226 e. The molecule has 3 rings (SSSR count). The second-order valence-electron chi connectivity index (χ2n) is 6.29. The van der Waals surface area contributed by atoms with Crippen LogP contribution in [-0.2, 0) is 13.1 Å². The Morgan fingerprint density at radius 3 is 2.81 bits per heavy atom. The van der Waals surface area contributed by atoms with Gasteiger partial charge in [0.15, 0.2) is 5.96 Å². The highest BCUT2D eigenvalue weighted by Crippen LogP contribution is 2.19. The summed E-state index contributed by atoms with van der Waals surface area (Å²) in [5.74, 6) is 1.40. The van der Waals surface area contributed by atoms with Gasteiger partial charge in [0.25, 0.3) is 0 Å². The lowest BCUT2D eigenvalue weighted by molar-refractivity contribution is 0.572. The monoisotopic (exact) mass is 366 g/mol. The maximum atomic E-state index is 5.59. The molecule has 3 aromatic rings. The predicted octanol–water partition coefficient (Wildman–Crippen LogP) is 2.99. The number of hydrogen-bond acceptors (Lipinski definition) is 4. The molecular weight excluding hydrogens is 340 g/mol. The van der Waals surface area contributed by atoms with Crippen LogP contribution in [0.25, 0.3) is 11.5 Å². The van der Waals surface area contributed by atoms with Crippen LogP contribution < -0.4 is 10.6 Å². The van der Waals surface area contributed by atoms with Gasteiger partial charge < -0.3 is 19.6 Å². The third-order valence-corrected chi connectivity index (χ3v) is 4.04. The Kier molecular flexibility index (Phi) is 6.62. The molecule has 7 heteroatoms. The van der Waals surface area contributed by atoms with Crippen LogP contribution in [0.3, 0.4) is 0 Å². The van der Waals surface area contributed by atoms with E-state index in [1.807, 2.05) is 43.7 Å². The summed E-state index contributed by atoms with van der Waals surface area (Å²) in [6.45, 7) is 7.14. The van der Waals surface area contributed by atoms with Gasteiger partial charge in [0.2, 0.25) is 5.89 Å². The summed E-state index contributed by atoms with van der Waals surface area (Å²) < 4.78 is 7.66. The van der Waals surface area contributed by atoms with Crippen molar-refractivity contribution in [2.45, 2.75) is 33.4 Å². The largest absolute Gasteiger partial charge is 0.444 e. The van der Waals surface area contributed by atoms with E-state index in [2.05, 4.69) is 37.1 Å². The van der Waals surface area contributed by atoms with Gasteiger partial charge in [-0.15, -0.1) is 0 Å². The molecule has 0 aliphatic rings. The molecule has 0 amide bonds. The minimum atomic E-state index is 0.464. The van der Waals surface area contributed by atoms with E-state index in [0.29, 0.717) is 12.4 Å². The van der Waals surface area contributed by atoms with Crippen LogP contribution in [0.4, 0.5) is 0 Å². The van der Waals surface area contributed by atoms with Gasteiger partial charge >= 0.3 is 0 Å². The zero-order valence-electron chi connectivity index (χ0n) is 15.9. The van der Waals surface area contributed by atoms with E-state index < -0.39 is 0 Å². The first-order chi connectivity index (χ1) is 13.2. The van der Waals surface area contributed by atoms with E-state index in [9.17, 15) is 0 Å². The third kappa shape index (κ3) is 5.70. The Hall–Kier alpha value is -3.09. The molecule has 0 fully saturated rings. The molecule has 1 aromatic carbocycles. The number of nitrogens with one attached hydrogen (secondary N) is 2. The molecule has 0 spiro atoms. The van der Waals surface area contributed by atoms with Gasteiger partial charge in [-0.05, 0) is 32.4 Å². The summed E-state index contributed by atoms with van der Waals surface area (Å²) in [4.78, 5) is 13.2. The van der Waals surface area contributed by atoms with Crippen molar-refractivity contribution in [3.05, 3.63) is 60.5 Å². The highest BCUT2D eigenvalue weighted by atomic mass is 16.3. The molecule has 0 atom stereocenters. The average molecular weight is 366 g/mol. The fraction of sp³-hybridized carbons (Fsp3) is 0.350. The van der Waals surface area contributed by atoms with E-state index >= 15 is 0 Å². The summed E-state index contributed by atoms with van der Waals surface area (Å²) in [7, 11) is 0. The van der Waals surface area contributed by atoms with E-state index in [1.54, 1.807) is 12.5 Å². The van der Waals surface area contributed by atoms with E-state index in [0.717, 1.165) is 43.3 Å². The van der Waals surface area contributed by atoms with Crippen molar-refractivity contribution >= 4 is 5.96 Å². The van der Waals surface area contributed by atoms with Crippen molar-refractivity contribution in [1.82, 2.24) is 25.2 Å². The van der Waals surface area contributed by atoms with Gasteiger partial charge in [-0.2, -0.15) is 0 Å². The Morgan fingerprint density at radius 1 is 1.22 bits per heavy atom. The number of hydrogen-bond donors (Lipinski definition) is 2. The Morgan fingerprint density at radius 2 is 2.07 bits per heavy atom. The maximum absolute atomic E-state index is 5.59. The Balaban J connectivity index is 1.52. The summed E-state index contributed by atoms with van der Waals surface area (Å²) in [6, 6.07) is 8.13. The molecule has 0 bridgehead atoms. The lowest BCUT2D eigenvalue weighted by atomic mass is 10.1. The first kappa shape index (κ1) is 18.7. The van der Waals surface area contributed by atoms with Crippen molar-refractivity contribution in [3.8, 4) is 11.5 Å². The number of rotatable bonds is 8. The summed E-state index contributed by atoms with van der Waals surface area (Å²) in [5, 5.41) is 6.60. The first-order valence-electron chi connectivity index (χ1n) is 9.24. The number of aryl methyl sites for hydroxylation is 2. The molecule has 2 N–H and O–H groups in total. The zero-order chi connectivity index (χ0) is 18.9. The molecule has 0 radical (unpaired) electrons. The molecule has 0 aliphatic heterocycles. The number of aromatic nitrogens is 3. The summed E-state index contributed by atoms with van der Waals surface area (Å²) >= 11 is 0. The van der Waals surface area contributed by atoms with Crippen molar-refractivity contribution in [2.75, 3.05) is 13.1 Å².